The SMILES string of the molecule is COc1cc(C(=O)NCC(=O)N/N=C\c2cccc(OC(=O)c3ccc(Cl)cc3)c2)cc(OC)c1OC. The molecule has 0 atom stereocenters. The fraction of sp³-hybridized carbons (Fsp3) is 0.154. The highest BCUT2D eigenvalue weighted by Gasteiger charge is 2.17. The number of carbonyl (C=O) groups excluding carboxylic acids is 3. The first-order valence-electron chi connectivity index (χ1n) is 10.8. The van der Waals surface area contributed by atoms with Crippen LogP contribution < -0.4 is 29.7 Å². The molecule has 0 saturated heterocycles. The largest absolute Gasteiger partial charge is 0.493 e. The summed E-state index contributed by atoms with van der Waals surface area (Å²) in [5.74, 6) is -0.354. The van der Waals surface area contributed by atoms with E-state index >= 15 is 0 Å². The van der Waals surface area contributed by atoms with Gasteiger partial charge in [-0.15, -0.1) is 0 Å². The quantitative estimate of drug-likeness (QED) is 0.180. The number of halogens is 1. The maximum Gasteiger partial charge on any atom is 0.343 e. The third kappa shape index (κ3) is 7.45. The summed E-state index contributed by atoms with van der Waals surface area (Å²) >= 11 is 5.83. The van der Waals surface area contributed by atoms with Crippen molar-refractivity contribution >= 4 is 35.6 Å². The second kappa shape index (κ2) is 12.9. The lowest BCUT2D eigenvalue weighted by Crippen LogP contribution is -2.34. The molecule has 0 aliphatic rings. The molecule has 192 valence electrons. The third-order valence-corrected chi connectivity index (χ3v) is 5.14. The van der Waals surface area contributed by atoms with E-state index in [1.165, 1.54) is 39.7 Å². The van der Waals surface area contributed by atoms with Gasteiger partial charge in [-0.25, -0.2) is 10.2 Å². The number of esters is 1. The van der Waals surface area contributed by atoms with Crippen molar-refractivity contribution in [3.05, 3.63) is 82.4 Å². The molecule has 0 aliphatic carbocycles. The van der Waals surface area contributed by atoms with Crippen LogP contribution in [0.3, 0.4) is 0 Å². The molecular formula is C26H24ClN3O7. The minimum absolute atomic E-state index is 0.218. The van der Waals surface area contributed by atoms with Crippen LogP contribution in [-0.4, -0.2) is 51.9 Å². The lowest BCUT2D eigenvalue weighted by molar-refractivity contribution is -0.120. The maximum atomic E-state index is 12.5. The predicted octanol–water partition coefficient (Wildman–Crippen LogP) is 3.47. The van der Waals surface area contributed by atoms with Gasteiger partial charge in [0, 0.05) is 10.6 Å². The highest BCUT2D eigenvalue weighted by Crippen LogP contribution is 2.38. The standard InChI is InChI=1S/C26H24ClN3O7/c1-34-21-12-18(13-22(35-2)24(21)36-3)25(32)28-15-23(31)30-29-14-16-5-4-6-20(11-16)37-26(33)17-7-9-19(27)10-8-17/h4-14H,15H2,1-3H3,(H,28,32)(H,30,31)/b29-14-. The summed E-state index contributed by atoms with van der Waals surface area (Å²) in [4.78, 5) is 36.9. The lowest BCUT2D eigenvalue weighted by Gasteiger charge is -2.14. The number of nitrogens with one attached hydrogen (secondary N) is 2. The highest BCUT2D eigenvalue weighted by molar-refractivity contribution is 6.30. The summed E-state index contributed by atoms with van der Waals surface area (Å²) in [6.45, 7) is -0.328. The summed E-state index contributed by atoms with van der Waals surface area (Å²) in [6.07, 6.45) is 1.37. The summed E-state index contributed by atoms with van der Waals surface area (Å²) in [7, 11) is 4.32. The Bertz CT molecular complexity index is 1280. The van der Waals surface area contributed by atoms with Crippen molar-refractivity contribution in [3.63, 3.8) is 0 Å². The van der Waals surface area contributed by atoms with E-state index in [0.29, 0.717) is 39.1 Å². The predicted molar refractivity (Wildman–Crippen MR) is 137 cm³/mol. The molecule has 0 radical (unpaired) electrons. The van der Waals surface area contributed by atoms with Crippen LogP contribution in [0.5, 0.6) is 23.0 Å². The zero-order valence-corrected chi connectivity index (χ0v) is 21.0. The summed E-state index contributed by atoms with van der Waals surface area (Å²) < 4.78 is 21.1. The van der Waals surface area contributed by atoms with E-state index in [1.54, 1.807) is 48.5 Å². The number of carbonyl (C=O) groups is 3. The Labute approximate surface area is 218 Å². The average Bonchev–Trinajstić information content (AvgIpc) is 2.91. The van der Waals surface area contributed by atoms with Crippen molar-refractivity contribution in [2.24, 2.45) is 5.10 Å². The van der Waals surface area contributed by atoms with Crippen LogP contribution in [-0.2, 0) is 4.79 Å². The molecule has 0 bridgehead atoms. The van der Waals surface area contributed by atoms with Crippen molar-refractivity contribution in [2.45, 2.75) is 0 Å². The van der Waals surface area contributed by atoms with E-state index in [9.17, 15) is 14.4 Å². The molecule has 0 fully saturated rings. The van der Waals surface area contributed by atoms with E-state index < -0.39 is 17.8 Å². The topological polar surface area (TPSA) is 125 Å². The first-order valence-corrected chi connectivity index (χ1v) is 11.2. The molecule has 3 aromatic carbocycles. The maximum absolute atomic E-state index is 12.5. The molecule has 0 saturated carbocycles. The number of hydrogen-bond donors (Lipinski definition) is 2. The van der Waals surface area contributed by atoms with Gasteiger partial charge in [0.15, 0.2) is 11.5 Å². The second-order valence-electron chi connectivity index (χ2n) is 7.36. The van der Waals surface area contributed by atoms with Crippen molar-refractivity contribution in [1.29, 1.82) is 0 Å². The van der Waals surface area contributed by atoms with Gasteiger partial charge < -0.3 is 24.3 Å². The third-order valence-electron chi connectivity index (χ3n) is 4.89. The Balaban J connectivity index is 1.53. The fourth-order valence-electron chi connectivity index (χ4n) is 3.10. The molecule has 0 aromatic heterocycles. The van der Waals surface area contributed by atoms with E-state index in [2.05, 4.69) is 15.8 Å². The van der Waals surface area contributed by atoms with Crippen LogP contribution in [0.25, 0.3) is 0 Å². The van der Waals surface area contributed by atoms with Crippen molar-refractivity contribution < 1.29 is 33.3 Å². The van der Waals surface area contributed by atoms with Gasteiger partial charge in [-0.05, 0) is 54.1 Å². The van der Waals surface area contributed by atoms with E-state index in [4.69, 9.17) is 30.5 Å². The Morgan fingerprint density at radius 1 is 0.892 bits per heavy atom. The highest BCUT2D eigenvalue weighted by atomic mass is 35.5. The Morgan fingerprint density at radius 2 is 1.57 bits per heavy atom. The van der Waals surface area contributed by atoms with Gasteiger partial charge in [0.2, 0.25) is 5.75 Å². The zero-order chi connectivity index (χ0) is 26.8. The summed E-state index contributed by atoms with van der Waals surface area (Å²) in [5.41, 5.74) is 3.46. The molecule has 11 heteroatoms. The van der Waals surface area contributed by atoms with Crippen molar-refractivity contribution in [1.82, 2.24) is 10.7 Å². The number of benzene rings is 3. The molecule has 0 aliphatic heterocycles. The summed E-state index contributed by atoms with van der Waals surface area (Å²) in [5, 5.41) is 6.88. The normalized spacial score (nSPS) is 10.5. The van der Waals surface area contributed by atoms with Gasteiger partial charge in [-0.3, -0.25) is 9.59 Å². The first kappa shape index (κ1) is 27.0. The van der Waals surface area contributed by atoms with Crippen LogP contribution in [0.1, 0.15) is 26.3 Å². The van der Waals surface area contributed by atoms with Gasteiger partial charge in [-0.1, -0.05) is 23.7 Å². The molecule has 3 rings (SSSR count). The van der Waals surface area contributed by atoms with Crippen LogP contribution >= 0.6 is 11.6 Å². The molecule has 0 heterocycles. The first-order chi connectivity index (χ1) is 17.8. The zero-order valence-electron chi connectivity index (χ0n) is 20.2. The van der Waals surface area contributed by atoms with Crippen molar-refractivity contribution in [3.8, 4) is 23.0 Å². The molecule has 2 N–H and O–H groups in total. The minimum Gasteiger partial charge on any atom is -0.493 e. The number of hydrazone groups is 1. The minimum atomic E-state index is -0.553. The van der Waals surface area contributed by atoms with Gasteiger partial charge in [0.05, 0.1) is 39.7 Å². The number of amides is 2. The Hall–Kier alpha value is -4.57. The lowest BCUT2D eigenvalue weighted by atomic mass is 10.1. The van der Waals surface area contributed by atoms with Crippen molar-refractivity contribution in [2.75, 3.05) is 27.9 Å². The van der Waals surface area contributed by atoms with Crippen LogP contribution in [0, 0.1) is 0 Å². The van der Waals surface area contributed by atoms with Crippen LogP contribution in [0.4, 0.5) is 0 Å². The number of methoxy groups -OCH3 is 3. The second-order valence-corrected chi connectivity index (χ2v) is 7.80. The smallest absolute Gasteiger partial charge is 0.343 e. The van der Waals surface area contributed by atoms with Gasteiger partial charge in [-0.2, -0.15) is 5.10 Å². The number of hydrogen-bond acceptors (Lipinski definition) is 8. The van der Waals surface area contributed by atoms with Gasteiger partial charge in [0.25, 0.3) is 11.8 Å². The van der Waals surface area contributed by atoms with Crippen LogP contribution in [0.15, 0.2) is 65.8 Å². The van der Waals surface area contributed by atoms with E-state index in [1.807, 2.05) is 0 Å². The molecule has 10 nitrogen and oxygen atoms in total. The molecular weight excluding hydrogens is 502 g/mol. The van der Waals surface area contributed by atoms with E-state index in [0.717, 1.165) is 0 Å². The Kier molecular flexibility index (Phi) is 9.45. The number of ether oxygens (including phenoxy) is 4. The molecule has 0 spiro atoms. The Morgan fingerprint density at radius 3 is 2.19 bits per heavy atom. The number of nitrogens with zero attached hydrogens (tertiary/aromatic N) is 1. The summed E-state index contributed by atoms with van der Waals surface area (Å²) in [6, 6.07) is 15.8. The average molecular weight is 526 g/mol. The van der Waals surface area contributed by atoms with E-state index in [-0.39, 0.29) is 12.1 Å². The number of rotatable bonds is 10. The fourth-order valence-corrected chi connectivity index (χ4v) is 3.23. The molecule has 0 unspecified atom stereocenters. The van der Waals surface area contributed by atoms with Crippen LogP contribution in [0.2, 0.25) is 5.02 Å². The van der Waals surface area contributed by atoms with Gasteiger partial charge >= 0.3 is 5.97 Å². The monoisotopic (exact) mass is 525 g/mol. The molecule has 3 aromatic rings. The molecule has 2 amide bonds. The van der Waals surface area contributed by atoms with Gasteiger partial charge in [0.1, 0.15) is 5.75 Å². The molecule has 37 heavy (non-hydrogen) atoms.